The third-order valence-electron chi connectivity index (χ3n) is 5.26. The Kier molecular flexibility index (Phi) is 10.9. The van der Waals surface area contributed by atoms with Gasteiger partial charge in [0.15, 0.2) is 0 Å². The number of amides is 1. The molecular formula is C21H36ClN3O. The number of likely N-dealkylation sites (tertiary alicyclic amines) is 1. The second-order valence-electron chi connectivity index (χ2n) is 7.61. The lowest BCUT2D eigenvalue weighted by Gasteiger charge is -2.31. The molecule has 5 heteroatoms. The summed E-state index contributed by atoms with van der Waals surface area (Å²) in [6, 6.07) is 8.74. The molecule has 0 radical (unpaired) electrons. The maximum atomic E-state index is 12.1. The molecule has 1 heterocycles. The van der Waals surface area contributed by atoms with Crippen LogP contribution >= 0.6 is 12.4 Å². The maximum absolute atomic E-state index is 12.1. The molecule has 1 saturated heterocycles. The van der Waals surface area contributed by atoms with Gasteiger partial charge in [-0.25, -0.2) is 0 Å². The van der Waals surface area contributed by atoms with Gasteiger partial charge in [-0.2, -0.15) is 0 Å². The minimum absolute atomic E-state index is 0. The van der Waals surface area contributed by atoms with E-state index in [1.165, 1.54) is 30.4 Å². The van der Waals surface area contributed by atoms with Gasteiger partial charge in [0.2, 0.25) is 5.91 Å². The molecule has 0 saturated carbocycles. The third kappa shape index (κ3) is 8.07. The van der Waals surface area contributed by atoms with E-state index in [4.69, 9.17) is 0 Å². The fraction of sp³-hybridized carbons (Fsp3) is 0.667. The van der Waals surface area contributed by atoms with Crippen molar-refractivity contribution >= 4 is 18.3 Å². The van der Waals surface area contributed by atoms with Gasteiger partial charge in [-0.1, -0.05) is 38.1 Å². The summed E-state index contributed by atoms with van der Waals surface area (Å²) >= 11 is 0. The summed E-state index contributed by atoms with van der Waals surface area (Å²) in [6.07, 6.45) is 4.59. The Morgan fingerprint density at radius 3 is 2.38 bits per heavy atom. The number of rotatable bonds is 9. The van der Waals surface area contributed by atoms with E-state index >= 15 is 0 Å². The van der Waals surface area contributed by atoms with E-state index in [1.807, 2.05) is 7.05 Å². The van der Waals surface area contributed by atoms with Gasteiger partial charge in [0.1, 0.15) is 0 Å². The summed E-state index contributed by atoms with van der Waals surface area (Å²) in [5.74, 6) is 1.55. The molecule has 4 nitrogen and oxygen atoms in total. The Morgan fingerprint density at radius 2 is 1.81 bits per heavy atom. The fourth-order valence-electron chi connectivity index (χ4n) is 3.46. The van der Waals surface area contributed by atoms with Crippen LogP contribution in [0.1, 0.15) is 50.2 Å². The van der Waals surface area contributed by atoms with Gasteiger partial charge < -0.3 is 10.6 Å². The molecule has 0 spiro atoms. The SMILES string of the molecule is CNCCC1CCN(CC(=O)NCCc2ccc(C(C)C)cc2)CC1.Cl. The summed E-state index contributed by atoms with van der Waals surface area (Å²) in [7, 11) is 2.01. The number of piperidine rings is 1. The smallest absolute Gasteiger partial charge is 0.234 e. The molecule has 1 amide bonds. The van der Waals surface area contributed by atoms with Crippen LogP contribution in [0, 0.1) is 5.92 Å². The number of halogens is 1. The molecule has 2 N–H and O–H groups in total. The van der Waals surface area contributed by atoms with Crippen molar-refractivity contribution in [3.63, 3.8) is 0 Å². The molecule has 0 aliphatic carbocycles. The highest BCUT2D eigenvalue weighted by Gasteiger charge is 2.20. The summed E-state index contributed by atoms with van der Waals surface area (Å²) in [5, 5.41) is 6.30. The number of hydrogen-bond donors (Lipinski definition) is 2. The molecule has 1 aliphatic heterocycles. The van der Waals surface area contributed by atoms with Crippen LogP contribution in [0.4, 0.5) is 0 Å². The molecule has 1 aliphatic rings. The summed E-state index contributed by atoms with van der Waals surface area (Å²) in [4.78, 5) is 14.4. The lowest BCUT2D eigenvalue weighted by atomic mass is 9.93. The quantitative estimate of drug-likeness (QED) is 0.690. The van der Waals surface area contributed by atoms with Crippen molar-refractivity contribution in [2.45, 2.75) is 45.4 Å². The molecule has 26 heavy (non-hydrogen) atoms. The summed E-state index contributed by atoms with van der Waals surface area (Å²) in [5.41, 5.74) is 2.65. The normalized spacial score (nSPS) is 15.7. The fourth-order valence-corrected chi connectivity index (χ4v) is 3.46. The van der Waals surface area contributed by atoms with Crippen LogP contribution in [-0.4, -0.2) is 50.6 Å². The minimum atomic E-state index is 0. The van der Waals surface area contributed by atoms with Crippen molar-refractivity contribution in [3.05, 3.63) is 35.4 Å². The zero-order valence-corrected chi connectivity index (χ0v) is 17.4. The Labute approximate surface area is 165 Å². The van der Waals surface area contributed by atoms with E-state index in [0.717, 1.165) is 38.5 Å². The first-order chi connectivity index (χ1) is 12.1. The second-order valence-corrected chi connectivity index (χ2v) is 7.61. The average Bonchev–Trinajstić information content (AvgIpc) is 2.61. The van der Waals surface area contributed by atoms with Crippen molar-refractivity contribution in [2.24, 2.45) is 5.92 Å². The van der Waals surface area contributed by atoms with E-state index in [9.17, 15) is 4.79 Å². The first kappa shape index (κ1) is 22.9. The van der Waals surface area contributed by atoms with Crippen molar-refractivity contribution in [3.8, 4) is 0 Å². The zero-order chi connectivity index (χ0) is 18.1. The third-order valence-corrected chi connectivity index (χ3v) is 5.26. The Balaban J connectivity index is 0.00000338. The van der Waals surface area contributed by atoms with E-state index in [-0.39, 0.29) is 18.3 Å². The Bertz CT molecular complexity index is 510. The number of nitrogens with one attached hydrogen (secondary N) is 2. The second kappa shape index (κ2) is 12.3. The van der Waals surface area contributed by atoms with Crippen LogP contribution in [-0.2, 0) is 11.2 Å². The van der Waals surface area contributed by atoms with E-state index in [0.29, 0.717) is 12.5 Å². The van der Waals surface area contributed by atoms with E-state index in [2.05, 4.69) is 53.6 Å². The largest absolute Gasteiger partial charge is 0.355 e. The van der Waals surface area contributed by atoms with Gasteiger partial charge >= 0.3 is 0 Å². The van der Waals surface area contributed by atoms with Crippen LogP contribution in [0.25, 0.3) is 0 Å². The van der Waals surface area contributed by atoms with E-state index < -0.39 is 0 Å². The predicted molar refractivity (Wildman–Crippen MR) is 112 cm³/mol. The topological polar surface area (TPSA) is 44.4 Å². The average molecular weight is 382 g/mol. The minimum Gasteiger partial charge on any atom is -0.355 e. The number of carbonyl (C=O) groups excluding carboxylic acids is 1. The first-order valence-corrected chi connectivity index (χ1v) is 9.81. The van der Waals surface area contributed by atoms with Gasteiger partial charge in [-0.05, 0) is 75.3 Å². The van der Waals surface area contributed by atoms with Gasteiger partial charge in [0, 0.05) is 6.54 Å². The van der Waals surface area contributed by atoms with Crippen molar-refractivity contribution in [1.29, 1.82) is 0 Å². The van der Waals surface area contributed by atoms with Crippen LogP contribution in [0.2, 0.25) is 0 Å². The monoisotopic (exact) mass is 381 g/mol. The van der Waals surface area contributed by atoms with Crippen LogP contribution in [0.5, 0.6) is 0 Å². The van der Waals surface area contributed by atoms with Gasteiger partial charge in [-0.3, -0.25) is 9.69 Å². The predicted octanol–water partition coefficient (Wildman–Crippen LogP) is 3.21. The molecular weight excluding hydrogens is 346 g/mol. The van der Waals surface area contributed by atoms with Crippen LogP contribution in [0.3, 0.4) is 0 Å². The van der Waals surface area contributed by atoms with E-state index in [1.54, 1.807) is 0 Å². The molecule has 0 aromatic heterocycles. The molecule has 148 valence electrons. The summed E-state index contributed by atoms with van der Waals surface area (Å²) in [6.45, 7) is 8.89. The van der Waals surface area contributed by atoms with Gasteiger partial charge in [-0.15, -0.1) is 12.4 Å². The highest BCUT2D eigenvalue weighted by Crippen LogP contribution is 2.19. The van der Waals surface area contributed by atoms with Gasteiger partial charge in [0.05, 0.1) is 6.54 Å². The molecule has 1 aromatic rings. The van der Waals surface area contributed by atoms with Crippen molar-refractivity contribution in [2.75, 3.05) is 39.8 Å². The number of benzene rings is 1. The highest BCUT2D eigenvalue weighted by atomic mass is 35.5. The van der Waals surface area contributed by atoms with Gasteiger partial charge in [0.25, 0.3) is 0 Å². The molecule has 1 aromatic carbocycles. The summed E-state index contributed by atoms with van der Waals surface area (Å²) < 4.78 is 0. The zero-order valence-electron chi connectivity index (χ0n) is 16.6. The molecule has 0 bridgehead atoms. The lowest BCUT2D eigenvalue weighted by Crippen LogP contribution is -2.42. The molecule has 0 atom stereocenters. The standard InChI is InChI=1S/C21H35N3O.ClH/c1-17(2)20-6-4-18(5-7-20)9-13-23-21(25)16-24-14-10-19(11-15-24)8-12-22-3;/h4-7,17,19,22H,8-16H2,1-3H3,(H,23,25);1H. The Hall–Kier alpha value is -1.10. The number of hydrogen-bond acceptors (Lipinski definition) is 3. The molecule has 2 rings (SSSR count). The van der Waals surface area contributed by atoms with Crippen LogP contribution in [0.15, 0.2) is 24.3 Å². The Morgan fingerprint density at radius 1 is 1.15 bits per heavy atom. The number of carbonyl (C=O) groups is 1. The maximum Gasteiger partial charge on any atom is 0.234 e. The first-order valence-electron chi connectivity index (χ1n) is 9.81. The number of nitrogens with zero attached hydrogens (tertiary/aromatic N) is 1. The van der Waals surface area contributed by atoms with Crippen molar-refractivity contribution in [1.82, 2.24) is 15.5 Å². The lowest BCUT2D eigenvalue weighted by molar-refractivity contribution is -0.122. The highest BCUT2D eigenvalue weighted by molar-refractivity contribution is 5.85. The van der Waals surface area contributed by atoms with Crippen LogP contribution < -0.4 is 10.6 Å². The van der Waals surface area contributed by atoms with Crippen molar-refractivity contribution < 1.29 is 4.79 Å². The molecule has 0 unspecified atom stereocenters. The molecule has 1 fully saturated rings.